The van der Waals surface area contributed by atoms with Gasteiger partial charge in [0, 0.05) is 12.1 Å². The van der Waals surface area contributed by atoms with Crippen molar-refractivity contribution in [3.05, 3.63) is 47.5 Å². The zero-order chi connectivity index (χ0) is 21.6. The van der Waals surface area contributed by atoms with E-state index in [9.17, 15) is 30.3 Å². The summed E-state index contributed by atoms with van der Waals surface area (Å²) in [4.78, 5) is 12.6. The molecule has 0 amide bonds. The summed E-state index contributed by atoms with van der Waals surface area (Å²) in [5.41, 5.74) is 0.695. The lowest BCUT2D eigenvalue weighted by atomic mass is 9.95. The van der Waals surface area contributed by atoms with Gasteiger partial charge in [0.15, 0.2) is 5.78 Å². The van der Waals surface area contributed by atoms with Crippen molar-refractivity contribution < 1.29 is 44.5 Å². The Morgan fingerprint density at radius 3 is 2.40 bits per heavy atom. The fourth-order valence-corrected chi connectivity index (χ4v) is 3.60. The van der Waals surface area contributed by atoms with Gasteiger partial charge in [-0.2, -0.15) is 0 Å². The molecular weight excluding hydrogens is 396 g/mol. The lowest BCUT2D eigenvalue weighted by Gasteiger charge is -2.39. The number of aliphatic hydroxyl groups excluding tert-OH is 3. The second-order valence-electron chi connectivity index (χ2n) is 7.44. The van der Waals surface area contributed by atoms with Crippen LogP contribution in [0.5, 0.6) is 23.0 Å². The number of carbonyl (C=O) groups is 1. The molecule has 30 heavy (non-hydrogen) atoms. The first-order chi connectivity index (χ1) is 14.2. The maximum atomic E-state index is 12.6. The molecule has 5 N–H and O–H groups in total. The maximum absolute atomic E-state index is 12.6. The van der Waals surface area contributed by atoms with E-state index >= 15 is 0 Å². The molecule has 0 aromatic heterocycles. The van der Waals surface area contributed by atoms with Crippen LogP contribution in [-0.2, 0) is 4.74 Å². The van der Waals surface area contributed by atoms with Gasteiger partial charge in [-0.1, -0.05) is 12.1 Å². The van der Waals surface area contributed by atoms with Crippen LogP contribution >= 0.6 is 0 Å². The van der Waals surface area contributed by atoms with Crippen molar-refractivity contribution in [1.29, 1.82) is 0 Å². The number of hydrogen-bond acceptors (Lipinski definition) is 9. The number of rotatable bonds is 3. The van der Waals surface area contributed by atoms with Crippen molar-refractivity contribution in [2.75, 3.05) is 0 Å². The third-order valence-corrected chi connectivity index (χ3v) is 5.30. The van der Waals surface area contributed by atoms with E-state index in [1.165, 1.54) is 31.2 Å². The quantitative estimate of drug-likeness (QED) is 0.493. The van der Waals surface area contributed by atoms with Crippen molar-refractivity contribution >= 4 is 5.78 Å². The minimum atomic E-state index is -1.53. The van der Waals surface area contributed by atoms with Gasteiger partial charge in [-0.05, 0) is 24.6 Å². The minimum absolute atomic E-state index is 0.0115. The molecule has 0 spiro atoms. The lowest BCUT2D eigenvalue weighted by molar-refractivity contribution is -0.268. The van der Waals surface area contributed by atoms with Gasteiger partial charge in [0.25, 0.3) is 0 Å². The van der Waals surface area contributed by atoms with Crippen LogP contribution in [0.15, 0.2) is 36.4 Å². The van der Waals surface area contributed by atoms with Crippen LogP contribution in [0.25, 0.3) is 0 Å². The van der Waals surface area contributed by atoms with Crippen LogP contribution in [-0.4, -0.2) is 62.0 Å². The Bertz CT molecular complexity index is 942. The Balaban J connectivity index is 1.59. The molecule has 1 saturated heterocycles. The number of aliphatic hydroxyl groups is 3. The predicted octanol–water partition coefficient (Wildman–Crippen LogP) is 1.01. The summed E-state index contributed by atoms with van der Waals surface area (Å²) in [6.07, 6.45) is -6.97. The van der Waals surface area contributed by atoms with E-state index in [4.69, 9.17) is 14.2 Å². The molecule has 0 unspecified atom stereocenters. The first kappa shape index (κ1) is 20.4. The Kier molecular flexibility index (Phi) is 5.29. The summed E-state index contributed by atoms with van der Waals surface area (Å²) in [6.45, 7) is 1.52. The fourth-order valence-electron chi connectivity index (χ4n) is 3.60. The van der Waals surface area contributed by atoms with E-state index in [0.29, 0.717) is 5.56 Å². The topological polar surface area (TPSA) is 146 Å². The maximum Gasteiger partial charge on any atom is 0.229 e. The number of ketones is 1. The van der Waals surface area contributed by atoms with E-state index in [2.05, 4.69) is 0 Å². The van der Waals surface area contributed by atoms with E-state index in [-0.39, 0.29) is 40.8 Å². The molecule has 2 aliphatic heterocycles. The lowest BCUT2D eigenvalue weighted by Crippen LogP contribution is -2.58. The van der Waals surface area contributed by atoms with Gasteiger partial charge in [-0.15, -0.1) is 0 Å². The highest BCUT2D eigenvalue weighted by atomic mass is 16.7. The highest BCUT2D eigenvalue weighted by Crippen LogP contribution is 2.42. The van der Waals surface area contributed by atoms with Gasteiger partial charge in [0.2, 0.25) is 6.29 Å². The third-order valence-electron chi connectivity index (χ3n) is 5.30. The summed E-state index contributed by atoms with van der Waals surface area (Å²) in [5, 5.41) is 49.6. The highest BCUT2D eigenvalue weighted by Gasteiger charge is 2.43. The Morgan fingerprint density at radius 2 is 1.70 bits per heavy atom. The molecule has 0 aliphatic carbocycles. The fraction of sp³-hybridized carbons (Fsp3) is 0.381. The number of carbonyl (C=O) groups excluding carboxylic acids is 1. The van der Waals surface area contributed by atoms with Gasteiger partial charge in [0.1, 0.15) is 53.0 Å². The zero-order valence-corrected chi connectivity index (χ0v) is 16.0. The number of benzene rings is 2. The first-order valence-electron chi connectivity index (χ1n) is 9.46. The standard InChI is InChI=1S/C21H22O9/c1-9-18(25)19(26)20(27)21(28-9)29-12-6-13(23)17-14(24)8-15(30-16(17)7-12)10-2-4-11(22)5-3-10/h2-7,9,15,18-23,25-27H,8H2,1H3/t9-,15-,18-,19-,20-,21+/m0/s1. The van der Waals surface area contributed by atoms with Gasteiger partial charge in [0.05, 0.1) is 12.5 Å². The number of phenols is 2. The van der Waals surface area contributed by atoms with Crippen molar-refractivity contribution in [2.45, 2.75) is 50.2 Å². The molecule has 2 heterocycles. The molecule has 2 aromatic carbocycles. The molecular formula is C21H22O9. The van der Waals surface area contributed by atoms with Crippen molar-refractivity contribution in [2.24, 2.45) is 0 Å². The Morgan fingerprint density at radius 1 is 1.00 bits per heavy atom. The van der Waals surface area contributed by atoms with Crippen LogP contribution in [0.4, 0.5) is 0 Å². The second-order valence-corrected chi connectivity index (χ2v) is 7.44. The summed E-state index contributed by atoms with van der Waals surface area (Å²) < 4.78 is 16.9. The number of ether oxygens (including phenoxy) is 3. The largest absolute Gasteiger partial charge is 0.508 e. The average molecular weight is 418 g/mol. The SMILES string of the molecule is C[C@@H]1O[C@H](Oc2cc(O)c3c(c2)O[C@H](c2ccc(O)cc2)CC3=O)[C@@H](O)[C@@H](O)[C@H]1O. The summed E-state index contributed by atoms with van der Waals surface area (Å²) in [6, 6.07) is 8.82. The molecule has 2 aliphatic rings. The van der Waals surface area contributed by atoms with Crippen LogP contribution in [0.1, 0.15) is 35.4 Å². The summed E-state index contributed by atoms with van der Waals surface area (Å²) >= 11 is 0. The molecule has 0 radical (unpaired) electrons. The Labute approximate surface area is 171 Å². The molecule has 4 rings (SSSR count). The van der Waals surface area contributed by atoms with E-state index in [0.717, 1.165) is 0 Å². The van der Waals surface area contributed by atoms with Crippen LogP contribution in [0.3, 0.4) is 0 Å². The Hall–Kier alpha value is -2.85. The van der Waals surface area contributed by atoms with Crippen LogP contribution < -0.4 is 9.47 Å². The number of hydrogen-bond donors (Lipinski definition) is 5. The smallest absolute Gasteiger partial charge is 0.229 e. The molecule has 6 atom stereocenters. The second kappa shape index (κ2) is 7.77. The van der Waals surface area contributed by atoms with Crippen molar-refractivity contribution in [1.82, 2.24) is 0 Å². The zero-order valence-electron chi connectivity index (χ0n) is 16.0. The number of phenolic OH excluding ortho intramolecular Hbond substituents is 2. The molecule has 160 valence electrons. The third kappa shape index (κ3) is 3.68. The monoisotopic (exact) mass is 418 g/mol. The first-order valence-corrected chi connectivity index (χ1v) is 9.46. The number of Topliss-reactive ketones (excluding diaryl/α,β-unsaturated/α-hetero) is 1. The van der Waals surface area contributed by atoms with Gasteiger partial charge in [-0.3, -0.25) is 4.79 Å². The van der Waals surface area contributed by atoms with Crippen LogP contribution in [0, 0.1) is 0 Å². The molecule has 9 nitrogen and oxygen atoms in total. The van der Waals surface area contributed by atoms with Gasteiger partial charge >= 0.3 is 0 Å². The molecule has 0 saturated carbocycles. The normalized spacial score (nSPS) is 31.0. The number of fused-ring (bicyclic) bond motifs is 1. The molecule has 9 heteroatoms. The van der Waals surface area contributed by atoms with Gasteiger partial charge < -0.3 is 39.7 Å². The average Bonchev–Trinajstić information content (AvgIpc) is 2.70. The van der Waals surface area contributed by atoms with Crippen LogP contribution in [0.2, 0.25) is 0 Å². The van der Waals surface area contributed by atoms with E-state index in [1.54, 1.807) is 12.1 Å². The number of aromatic hydroxyl groups is 2. The minimum Gasteiger partial charge on any atom is -0.508 e. The van der Waals surface area contributed by atoms with E-state index in [1.807, 2.05) is 0 Å². The molecule has 0 bridgehead atoms. The summed E-state index contributed by atoms with van der Waals surface area (Å²) in [7, 11) is 0. The predicted molar refractivity (Wildman–Crippen MR) is 102 cm³/mol. The van der Waals surface area contributed by atoms with Crippen molar-refractivity contribution in [3.63, 3.8) is 0 Å². The highest BCUT2D eigenvalue weighted by molar-refractivity contribution is 6.02. The molecule has 2 aromatic rings. The molecule has 1 fully saturated rings. The van der Waals surface area contributed by atoms with E-state index < -0.39 is 36.8 Å². The van der Waals surface area contributed by atoms with Gasteiger partial charge in [-0.25, -0.2) is 0 Å². The van der Waals surface area contributed by atoms with Crippen molar-refractivity contribution in [3.8, 4) is 23.0 Å². The summed E-state index contributed by atoms with van der Waals surface area (Å²) in [5.74, 6) is -0.444.